The maximum atomic E-state index is 12.5. The molecule has 1 amide bonds. The SMILES string of the molecule is COC(=O)CN(Cc1ccc(Cl)cc1)C(=O)c1ccc(Br)o1. The molecular weight excluding hydrogens is 374 g/mol. The van der Waals surface area contributed by atoms with E-state index < -0.39 is 11.9 Å². The van der Waals surface area contributed by atoms with Crippen LogP contribution in [-0.2, 0) is 16.1 Å². The zero-order valence-corrected chi connectivity index (χ0v) is 14.1. The van der Waals surface area contributed by atoms with Gasteiger partial charge in [-0.3, -0.25) is 9.59 Å². The van der Waals surface area contributed by atoms with Crippen LogP contribution in [0.2, 0.25) is 5.02 Å². The van der Waals surface area contributed by atoms with Gasteiger partial charge < -0.3 is 14.1 Å². The maximum absolute atomic E-state index is 12.5. The van der Waals surface area contributed by atoms with Gasteiger partial charge in [-0.05, 0) is 45.8 Å². The van der Waals surface area contributed by atoms with Crippen LogP contribution in [0.15, 0.2) is 45.5 Å². The summed E-state index contributed by atoms with van der Waals surface area (Å²) in [5.41, 5.74) is 0.840. The fraction of sp³-hybridized carbons (Fsp3) is 0.200. The zero-order chi connectivity index (χ0) is 16.1. The zero-order valence-electron chi connectivity index (χ0n) is 11.7. The molecule has 1 aromatic heterocycles. The lowest BCUT2D eigenvalue weighted by molar-refractivity contribution is -0.141. The van der Waals surface area contributed by atoms with Gasteiger partial charge in [-0.1, -0.05) is 23.7 Å². The summed E-state index contributed by atoms with van der Waals surface area (Å²) >= 11 is 8.99. The minimum atomic E-state index is -0.507. The fourth-order valence-corrected chi connectivity index (χ4v) is 2.25. The average molecular weight is 387 g/mol. The van der Waals surface area contributed by atoms with Gasteiger partial charge in [-0.25, -0.2) is 0 Å². The number of carbonyl (C=O) groups is 2. The first-order valence-corrected chi connectivity index (χ1v) is 7.52. The van der Waals surface area contributed by atoms with Gasteiger partial charge in [0.15, 0.2) is 10.4 Å². The Balaban J connectivity index is 2.20. The number of benzene rings is 1. The lowest BCUT2D eigenvalue weighted by Crippen LogP contribution is -2.35. The van der Waals surface area contributed by atoms with Crippen molar-refractivity contribution in [3.8, 4) is 0 Å². The molecule has 0 unspecified atom stereocenters. The highest BCUT2D eigenvalue weighted by Crippen LogP contribution is 2.18. The van der Waals surface area contributed by atoms with Gasteiger partial charge in [-0.15, -0.1) is 0 Å². The Hall–Kier alpha value is -1.79. The molecule has 0 aliphatic heterocycles. The number of ether oxygens (including phenoxy) is 1. The fourth-order valence-electron chi connectivity index (χ4n) is 1.82. The van der Waals surface area contributed by atoms with Crippen molar-refractivity contribution in [1.82, 2.24) is 4.90 Å². The van der Waals surface area contributed by atoms with Crippen molar-refractivity contribution in [3.05, 3.63) is 57.4 Å². The molecule has 2 rings (SSSR count). The third-order valence-corrected chi connectivity index (χ3v) is 3.58. The summed E-state index contributed by atoms with van der Waals surface area (Å²) < 4.78 is 10.3. The summed E-state index contributed by atoms with van der Waals surface area (Å²) in [5, 5.41) is 0.601. The Labute approximate surface area is 140 Å². The van der Waals surface area contributed by atoms with Crippen molar-refractivity contribution in [1.29, 1.82) is 0 Å². The third kappa shape index (κ3) is 4.35. The highest BCUT2D eigenvalue weighted by Gasteiger charge is 2.22. The van der Waals surface area contributed by atoms with Crippen molar-refractivity contribution < 1.29 is 18.7 Å². The molecule has 0 saturated heterocycles. The van der Waals surface area contributed by atoms with E-state index in [0.29, 0.717) is 9.69 Å². The Bertz CT molecular complexity index is 668. The molecule has 7 heteroatoms. The van der Waals surface area contributed by atoms with E-state index in [0.717, 1.165) is 5.56 Å². The predicted octanol–water partition coefficient (Wildman–Crippen LogP) is 3.51. The standard InChI is InChI=1S/C15H13BrClNO4/c1-21-14(19)9-18(8-10-2-4-11(17)5-3-10)15(20)12-6-7-13(16)22-12/h2-7H,8-9H2,1H3. The van der Waals surface area contributed by atoms with Crippen LogP contribution in [0, 0.1) is 0 Å². The molecule has 0 aliphatic carbocycles. The first kappa shape index (κ1) is 16.6. The summed E-state index contributed by atoms with van der Waals surface area (Å²) in [4.78, 5) is 25.3. The van der Waals surface area contributed by atoms with E-state index >= 15 is 0 Å². The molecule has 0 atom stereocenters. The molecule has 1 heterocycles. The Morgan fingerprint density at radius 3 is 2.45 bits per heavy atom. The number of hydrogen-bond donors (Lipinski definition) is 0. The van der Waals surface area contributed by atoms with E-state index in [2.05, 4.69) is 20.7 Å². The van der Waals surface area contributed by atoms with Gasteiger partial charge in [-0.2, -0.15) is 0 Å². The second-order valence-corrected chi connectivity index (χ2v) is 5.69. The van der Waals surface area contributed by atoms with E-state index in [4.69, 9.17) is 16.0 Å². The van der Waals surface area contributed by atoms with Crippen molar-refractivity contribution in [2.24, 2.45) is 0 Å². The molecule has 0 N–H and O–H groups in total. The Kier molecular flexibility index (Phi) is 5.63. The highest BCUT2D eigenvalue weighted by atomic mass is 79.9. The van der Waals surface area contributed by atoms with Gasteiger partial charge in [0.25, 0.3) is 5.91 Å². The topological polar surface area (TPSA) is 59.8 Å². The van der Waals surface area contributed by atoms with E-state index in [1.165, 1.54) is 12.0 Å². The summed E-state index contributed by atoms with van der Waals surface area (Å²) in [7, 11) is 1.27. The van der Waals surface area contributed by atoms with Gasteiger partial charge >= 0.3 is 5.97 Å². The number of furan rings is 1. The molecule has 1 aromatic carbocycles. The number of amides is 1. The lowest BCUT2D eigenvalue weighted by Gasteiger charge is -2.20. The molecule has 2 aromatic rings. The Morgan fingerprint density at radius 2 is 1.91 bits per heavy atom. The summed E-state index contributed by atoms with van der Waals surface area (Å²) in [6, 6.07) is 10.2. The minimum Gasteiger partial charge on any atom is -0.468 e. The number of hydrogen-bond acceptors (Lipinski definition) is 4. The maximum Gasteiger partial charge on any atom is 0.325 e. The highest BCUT2D eigenvalue weighted by molar-refractivity contribution is 9.10. The molecule has 22 heavy (non-hydrogen) atoms. The van der Waals surface area contributed by atoms with Gasteiger partial charge in [0.2, 0.25) is 0 Å². The molecule has 0 spiro atoms. The molecule has 0 saturated carbocycles. The van der Waals surface area contributed by atoms with Crippen LogP contribution in [0.1, 0.15) is 16.1 Å². The lowest BCUT2D eigenvalue weighted by atomic mass is 10.2. The summed E-state index contributed by atoms with van der Waals surface area (Å²) in [6.45, 7) is 0.0691. The van der Waals surface area contributed by atoms with Crippen molar-refractivity contribution in [2.75, 3.05) is 13.7 Å². The van der Waals surface area contributed by atoms with Crippen LogP contribution in [0.5, 0.6) is 0 Å². The van der Waals surface area contributed by atoms with Crippen molar-refractivity contribution in [2.45, 2.75) is 6.54 Å². The van der Waals surface area contributed by atoms with Crippen LogP contribution in [0.4, 0.5) is 0 Å². The molecule has 0 radical (unpaired) electrons. The average Bonchev–Trinajstić information content (AvgIpc) is 2.94. The van der Waals surface area contributed by atoms with E-state index in [9.17, 15) is 9.59 Å². The largest absolute Gasteiger partial charge is 0.468 e. The number of halogens is 2. The first-order chi connectivity index (χ1) is 10.5. The molecule has 0 bridgehead atoms. The summed E-state index contributed by atoms with van der Waals surface area (Å²) in [6.07, 6.45) is 0. The molecule has 0 aliphatic rings. The van der Waals surface area contributed by atoms with Crippen molar-refractivity contribution in [3.63, 3.8) is 0 Å². The second-order valence-electron chi connectivity index (χ2n) is 4.47. The first-order valence-electron chi connectivity index (χ1n) is 6.35. The Morgan fingerprint density at radius 1 is 1.23 bits per heavy atom. The summed E-state index contributed by atoms with van der Waals surface area (Å²) in [5.74, 6) is -0.760. The van der Waals surface area contributed by atoms with Crippen LogP contribution in [-0.4, -0.2) is 30.4 Å². The number of rotatable bonds is 5. The van der Waals surface area contributed by atoms with Crippen LogP contribution in [0.3, 0.4) is 0 Å². The number of nitrogens with zero attached hydrogens (tertiary/aromatic N) is 1. The number of esters is 1. The van der Waals surface area contributed by atoms with E-state index in [1.54, 1.807) is 36.4 Å². The smallest absolute Gasteiger partial charge is 0.325 e. The predicted molar refractivity (Wildman–Crippen MR) is 84.6 cm³/mol. The number of carbonyl (C=O) groups excluding carboxylic acids is 2. The van der Waals surface area contributed by atoms with E-state index in [1.807, 2.05) is 0 Å². The minimum absolute atomic E-state index is 0.143. The third-order valence-electron chi connectivity index (χ3n) is 2.91. The van der Waals surface area contributed by atoms with Gasteiger partial charge in [0.05, 0.1) is 7.11 Å². The quantitative estimate of drug-likeness (QED) is 0.738. The van der Waals surface area contributed by atoms with Crippen molar-refractivity contribution >= 4 is 39.4 Å². The van der Waals surface area contributed by atoms with Gasteiger partial charge in [0, 0.05) is 11.6 Å². The molecule has 0 fully saturated rings. The van der Waals surface area contributed by atoms with Crippen LogP contribution >= 0.6 is 27.5 Å². The molecule has 5 nitrogen and oxygen atoms in total. The second kappa shape index (κ2) is 7.47. The normalized spacial score (nSPS) is 10.3. The van der Waals surface area contributed by atoms with E-state index in [-0.39, 0.29) is 18.8 Å². The van der Waals surface area contributed by atoms with Crippen LogP contribution < -0.4 is 0 Å². The molecule has 116 valence electrons. The monoisotopic (exact) mass is 385 g/mol. The number of methoxy groups -OCH3 is 1. The van der Waals surface area contributed by atoms with Crippen LogP contribution in [0.25, 0.3) is 0 Å². The molecular formula is C15H13BrClNO4. The van der Waals surface area contributed by atoms with Gasteiger partial charge in [0.1, 0.15) is 6.54 Å².